The fourth-order valence-electron chi connectivity index (χ4n) is 3.17. The Morgan fingerprint density at radius 3 is 2.34 bits per heavy atom. The number of anilines is 4. The first-order chi connectivity index (χ1) is 17.0. The minimum Gasteiger partial charge on any atom is -0.341 e. The topological polar surface area (TPSA) is 121 Å². The molecule has 0 aliphatic carbocycles. The van der Waals surface area contributed by atoms with Gasteiger partial charge in [-0.1, -0.05) is 54.8 Å². The number of aromatic nitrogens is 3. The number of nitro groups is 1. The van der Waals surface area contributed by atoms with E-state index in [1.807, 2.05) is 24.3 Å². The molecule has 3 aromatic rings. The van der Waals surface area contributed by atoms with Crippen molar-refractivity contribution in [1.29, 1.82) is 0 Å². The van der Waals surface area contributed by atoms with E-state index in [2.05, 4.69) is 65.5 Å². The SMILES string of the molecule is CCCCN(CCCC)c1nc(N/N=C/c2cccc(Br)c2)nc(Nc2ccc([N+](=O)[O-])cc2)n1. The Kier molecular flexibility index (Phi) is 9.91. The molecule has 11 heteroatoms. The zero-order chi connectivity index (χ0) is 25.0. The van der Waals surface area contributed by atoms with Crippen LogP contribution in [-0.2, 0) is 0 Å². The van der Waals surface area contributed by atoms with Crippen LogP contribution >= 0.6 is 15.9 Å². The number of halogens is 1. The van der Waals surface area contributed by atoms with Crippen molar-refractivity contribution in [2.75, 3.05) is 28.7 Å². The van der Waals surface area contributed by atoms with E-state index in [0.717, 1.165) is 48.8 Å². The second-order valence-electron chi connectivity index (χ2n) is 7.83. The molecular weight excluding hydrogens is 512 g/mol. The highest BCUT2D eigenvalue weighted by Crippen LogP contribution is 2.21. The first-order valence-corrected chi connectivity index (χ1v) is 12.3. The summed E-state index contributed by atoms with van der Waals surface area (Å²) in [6.45, 7) is 5.96. The van der Waals surface area contributed by atoms with Crippen LogP contribution in [0.5, 0.6) is 0 Å². The van der Waals surface area contributed by atoms with Crippen LogP contribution in [0.3, 0.4) is 0 Å². The summed E-state index contributed by atoms with van der Waals surface area (Å²) in [7, 11) is 0. The lowest BCUT2D eigenvalue weighted by atomic mass is 10.2. The van der Waals surface area contributed by atoms with Crippen molar-refractivity contribution < 1.29 is 4.92 Å². The van der Waals surface area contributed by atoms with Crippen LogP contribution in [0.1, 0.15) is 45.1 Å². The third-order valence-corrected chi connectivity index (χ3v) is 5.52. The van der Waals surface area contributed by atoms with Gasteiger partial charge in [-0.2, -0.15) is 20.1 Å². The minimum absolute atomic E-state index is 0.0152. The first kappa shape index (κ1) is 26.0. The van der Waals surface area contributed by atoms with Crippen molar-refractivity contribution in [3.8, 4) is 0 Å². The van der Waals surface area contributed by atoms with Gasteiger partial charge >= 0.3 is 0 Å². The minimum atomic E-state index is -0.435. The summed E-state index contributed by atoms with van der Waals surface area (Å²) < 4.78 is 0.959. The summed E-state index contributed by atoms with van der Waals surface area (Å²) in [6, 6.07) is 13.9. The zero-order valence-corrected chi connectivity index (χ0v) is 21.4. The van der Waals surface area contributed by atoms with Gasteiger partial charge in [-0.05, 0) is 42.7 Å². The fourth-order valence-corrected chi connectivity index (χ4v) is 3.59. The highest BCUT2D eigenvalue weighted by atomic mass is 79.9. The number of hydrogen-bond acceptors (Lipinski definition) is 9. The van der Waals surface area contributed by atoms with Gasteiger partial charge in [-0.25, -0.2) is 5.43 Å². The van der Waals surface area contributed by atoms with Crippen LogP contribution in [-0.4, -0.2) is 39.2 Å². The van der Waals surface area contributed by atoms with E-state index in [0.29, 0.717) is 23.5 Å². The summed E-state index contributed by atoms with van der Waals surface area (Å²) in [5, 5.41) is 18.4. The van der Waals surface area contributed by atoms with Gasteiger partial charge in [0.1, 0.15) is 0 Å². The van der Waals surface area contributed by atoms with Crippen LogP contribution in [0.4, 0.5) is 29.2 Å². The van der Waals surface area contributed by atoms with E-state index < -0.39 is 4.92 Å². The van der Waals surface area contributed by atoms with Crippen molar-refractivity contribution in [3.63, 3.8) is 0 Å². The Morgan fingerprint density at radius 2 is 1.71 bits per heavy atom. The second kappa shape index (κ2) is 13.3. The standard InChI is InChI=1S/C24H29BrN8O2/c1-3-5-14-32(15-6-4-2)24-29-22(27-20-10-12-21(13-11-20)33(34)35)28-23(30-24)31-26-17-18-8-7-9-19(25)16-18/h7-13,16-17H,3-6,14-15H2,1-2H3,(H2,27,28,29,30,31)/b26-17+. The predicted octanol–water partition coefficient (Wildman–Crippen LogP) is 6.14. The maximum atomic E-state index is 11.0. The molecule has 2 N–H and O–H groups in total. The van der Waals surface area contributed by atoms with Crippen molar-refractivity contribution >= 4 is 51.4 Å². The average molecular weight is 541 g/mol. The lowest BCUT2D eigenvalue weighted by Crippen LogP contribution is -2.28. The normalized spacial score (nSPS) is 10.9. The van der Waals surface area contributed by atoms with E-state index >= 15 is 0 Å². The van der Waals surface area contributed by atoms with E-state index in [-0.39, 0.29) is 5.69 Å². The van der Waals surface area contributed by atoms with Crippen LogP contribution < -0.4 is 15.6 Å². The summed E-state index contributed by atoms with van der Waals surface area (Å²) in [5.74, 6) is 1.16. The molecule has 0 atom stereocenters. The van der Waals surface area contributed by atoms with Gasteiger partial charge in [0.15, 0.2) is 0 Å². The quantitative estimate of drug-likeness (QED) is 0.150. The predicted molar refractivity (Wildman–Crippen MR) is 144 cm³/mol. The summed E-state index contributed by atoms with van der Waals surface area (Å²) >= 11 is 3.45. The van der Waals surface area contributed by atoms with Gasteiger partial charge in [0.2, 0.25) is 17.8 Å². The fraction of sp³-hybridized carbons (Fsp3) is 0.333. The smallest absolute Gasteiger partial charge is 0.269 e. The summed E-state index contributed by atoms with van der Waals surface area (Å²) in [6.07, 6.45) is 5.84. The molecule has 10 nitrogen and oxygen atoms in total. The number of nitrogens with one attached hydrogen (secondary N) is 2. The number of hydrazone groups is 1. The molecule has 0 aliphatic rings. The highest BCUT2D eigenvalue weighted by molar-refractivity contribution is 9.10. The van der Waals surface area contributed by atoms with E-state index in [1.54, 1.807) is 18.3 Å². The summed E-state index contributed by atoms with van der Waals surface area (Å²) in [4.78, 5) is 26.4. The van der Waals surface area contributed by atoms with Crippen molar-refractivity contribution in [3.05, 3.63) is 68.7 Å². The number of benzene rings is 2. The lowest BCUT2D eigenvalue weighted by Gasteiger charge is -2.23. The van der Waals surface area contributed by atoms with E-state index in [1.165, 1.54) is 12.1 Å². The molecule has 0 saturated heterocycles. The van der Waals surface area contributed by atoms with E-state index in [9.17, 15) is 10.1 Å². The second-order valence-corrected chi connectivity index (χ2v) is 8.75. The maximum Gasteiger partial charge on any atom is 0.269 e. The monoisotopic (exact) mass is 540 g/mol. The molecule has 0 spiro atoms. The first-order valence-electron chi connectivity index (χ1n) is 11.6. The molecule has 184 valence electrons. The molecule has 0 unspecified atom stereocenters. The third kappa shape index (κ3) is 8.29. The molecule has 0 amide bonds. The molecule has 0 bridgehead atoms. The Hall–Kier alpha value is -3.60. The van der Waals surface area contributed by atoms with Gasteiger partial charge in [-0.15, -0.1) is 0 Å². The molecule has 35 heavy (non-hydrogen) atoms. The van der Waals surface area contributed by atoms with Crippen molar-refractivity contribution in [2.45, 2.75) is 39.5 Å². The lowest BCUT2D eigenvalue weighted by molar-refractivity contribution is -0.384. The molecule has 2 aromatic carbocycles. The van der Waals surface area contributed by atoms with Gasteiger partial charge < -0.3 is 10.2 Å². The van der Waals surface area contributed by atoms with Gasteiger partial charge in [0.25, 0.3) is 5.69 Å². The Morgan fingerprint density at radius 1 is 1.03 bits per heavy atom. The van der Waals surface area contributed by atoms with Gasteiger partial charge in [0, 0.05) is 35.4 Å². The molecule has 0 aliphatic heterocycles. The van der Waals surface area contributed by atoms with Crippen LogP contribution in [0.2, 0.25) is 0 Å². The van der Waals surface area contributed by atoms with E-state index in [4.69, 9.17) is 0 Å². The number of non-ortho nitro benzene ring substituents is 1. The molecule has 0 radical (unpaired) electrons. The highest BCUT2D eigenvalue weighted by Gasteiger charge is 2.14. The van der Waals surface area contributed by atoms with Gasteiger partial charge in [0.05, 0.1) is 11.1 Å². The molecule has 0 fully saturated rings. The Bertz CT molecular complexity index is 1130. The molecular formula is C24H29BrN8O2. The van der Waals surface area contributed by atoms with Crippen molar-refractivity contribution in [1.82, 2.24) is 15.0 Å². The number of hydrogen-bond donors (Lipinski definition) is 2. The zero-order valence-electron chi connectivity index (χ0n) is 19.8. The third-order valence-electron chi connectivity index (χ3n) is 5.03. The molecule has 0 saturated carbocycles. The number of unbranched alkanes of at least 4 members (excludes halogenated alkanes) is 2. The number of nitro benzene ring substituents is 1. The van der Waals surface area contributed by atoms with Crippen LogP contribution in [0, 0.1) is 10.1 Å². The summed E-state index contributed by atoms with van der Waals surface area (Å²) in [5.41, 5.74) is 4.47. The van der Waals surface area contributed by atoms with Crippen LogP contribution in [0.25, 0.3) is 0 Å². The molecule has 1 heterocycles. The maximum absolute atomic E-state index is 11.0. The largest absolute Gasteiger partial charge is 0.341 e. The Labute approximate surface area is 213 Å². The molecule has 3 rings (SSSR count). The number of nitrogens with zero attached hydrogens (tertiary/aromatic N) is 6. The van der Waals surface area contributed by atoms with Crippen LogP contribution in [0.15, 0.2) is 58.1 Å². The van der Waals surface area contributed by atoms with Gasteiger partial charge in [-0.3, -0.25) is 10.1 Å². The molecule has 1 aromatic heterocycles. The van der Waals surface area contributed by atoms with Crippen molar-refractivity contribution in [2.24, 2.45) is 5.10 Å². The Balaban J connectivity index is 1.88. The average Bonchev–Trinajstić information content (AvgIpc) is 2.84. The number of rotatable bonds is 13.